The van der Waals surface area contributed by atoms with Gasteiger partial charge < -0.3 is 14.8 Å². The van der Waals surface area contributed by atoms with E-state index in [1.807, 2.05) is 19.1 Å². The van der Waals surface area contributed by atoms with Crippen molar-refractivity contribution in [3.63, 3.8) is 0 Å². The number of nitrogens with one attached hydrogen (secondary N) is 3. The zero-order valence-corrected chi connectivity index (χ0v) is 18.3. The molecule has 0 radical (unpaired) electrons. The molecule has 172 valence electrons. The molecule has 0 bridgehead atoms. The lowest BCUT2D eigenvalue weighted by atomic mass is 10.0. The molecule has 0 aliphatic heterocycles. The van der Waals surface area contributed by atoms with E-state index in [9.17, 15) is 13.6 Å². The number of ether oxygens (including phenoxy) is 2. The molecular formula is C23H28F2N4O3. The van der Waals surface area contributed by atoms with Crippen molar-refractivity contribution in [2.24, 2.45) is 5.92 Å². The average molecular weight is 446 g/mol. The van der Waals surface area contributed by atoms with Crippen LogP contribution >= 0.6 is 0 Å². The molecule has 0 aliphatic rings. The number of fused-ring (bicyclic) bond motifs is 1. The van der Waals surface area contributed by atoms with Crippen molar-refractivity contribution < 1.29 is 23.0 Å². The number of para-hydroxylation sites is 2. The first-order valence-corrected chi connectivity index (χ1v) is 10.6. The van der Waals surface area contributed by atoms with Gasteiger partial charge in [0, 0.05) is 11.5 Å². The number of hydrogen-bond acceptors (Lipinski definition) is 4. The third-order valence-corrected chi connectivity index (χ3v) is 4.85. The number of nitrogens with zero attached hydrogens (tertiary/aromatic N) is 1. The highest BCUT2D eigenvalue weighted by atomic mass is 19.3. The van der Waals surface area contributed by atoms with Gasteiger partial charge in [0.2, 0.25) is 0 Å². The number of urea groups is 1. The predicted molar refractivity (Wildman–Crippen MR) is 121 cm³/mol. The molecule has 1 unspecified atom stereocenters. The lowest BCUT2D eigenvalue weighted by Gasteiger charge is -2.15. The van der Waals surface area contributed by atoms with Crippen molar-refractivity contribution in [3.05, 3.63) is 42.5 Å². The molecule has 3 N–H and O–H groups in total. The fraction of sp³-hybridized carbons (Fsp3) is 0.391. The molecule has 0 spiro atoms. The highest BCUT2D eigenvalue weighted by Crippen LogP contribution is 2.28. The second-order valence-electron chi connectivity index (χ2n) is 7.99. The molecule has 0 saturated heterocycles. The molecule has 32 heavy (non-hydrogen) atoms. The van der Waals surface area contributed by atoms with Crippen LogP contribution in [0.15, 0.2) is 42.5 Å². The molecule has 0 aliphatic carbocycles. The first-order chi connectivity index (χ1) is 15.3. The monoisotopic (exact) mass is 446 g/mol. The normalized spacial score (nSPS) is 12.2. The second kappa shape index (κ2) is 10.8. The average Bonchev–Trinajstić information content (AvgIpc) is 3.10. The third kappa shape index (κ3) is 6.57. The van der Waals surface area contributed by atoms with E-state index in [-0.39, 0.29) is 17.5 Å². The summed E-state index contributed by atoms with van der Waals surface area (Å²) in [6.45, 7) is 3.47. The van der Waals surface area contributed by atoms with Crippen molar-refractivity contribution in [3.8, 4) is 11.5 Å². The summed E-state index contributed by atoms with van der Waals surface area (Å²) in [4.78, 5) is 12.4. The van der Waals surface area contributed by atoms with E-state index < -0.39 is 12.6 Å². The Morgan fingerprint density at radius 1 is 1.06 bits per heavy atom. The summed E-state index contributed by atoms with van der Waals surface area (Å²) in [6.07, 6.45) is 3.35. The van der Waals surface area contributed by atoms with Crippen LogP contribution in [0.5, 0.6) is 11.5 Å². The summed E-state index contributed by atoms with van der Waals surface area (Å²) in [7, 11) is 0. The number of benzene rings is 2. The topological polar surface area (TPSA) is 88.3 Å². The molecule has 2 aromatic carbocycles. The Hall–Kier alpha value is -3.36. The van der Waals surface area contributed by atoms with E-state index in [4.69, 9.17) is 4.74 Å². The minimum absolute atomic E-state index is 0.0908. The minimum Gasteiger partial charge on any atom is -0.491 e. The lowest BCUT2D eigenvalue weighted by molar-refractivity contribution is -0.0493. The van der Waals surface area contributed by atoms with Crippen LogP contribution in [0.25, 0.3) is 10.9 Å². The number of halogens is 2. The molecule has 1 atom stereocenters. The standard InChI is InChI=1S/C23H28F2N4O3/c1-14(2)7-6-8-15(3)31-16-11-12-17-19(13-16)28-29-21(17)27-23(30)26-18-9-4-5-10-20(18)32-22(24)25/h4-5,9-15,22H,6-8H2,1-3H3,(H3,26,27,28,29,30). The number of aromatic amines is 1. The molecule has 0 fully saturated rings. The summed E-state index contributed by atoms with van der Waals surface area (Å²) >= 11 is 0. The third-order valence-electron chi connectivity index (χ3n) is 4.85. The number of aromatic nitrogens is 2. The largest absolute Gasteiger partial charge is 0.491 e. The van der Waals surface area contributed by atoms with Gasteiger partial charge >= 0.3 is 12.6 Å². The SMILES string of the molecule is CC(C)CCCC(C)Oc1ccc2c(NC(=O)Nc3ccccc3OC(F)F)n[nH]c2c1. The molecule has 9 heteroatoms. The van der Waals surface area contributed by atoms with Crippen molar-refractivity contribution in [1.82, 2.24) is 10.2 Å². The molecule has 2 amide bonds. The number of anilines is 2. The Morgan fingerprint density at radius 2 is 1.84 bits per heavy atom. The van der Waals surface area contributed by atoms with E-state index in [0.717, 1.165) is 12.8 Å². The van der Waals surface area contributed by atoms with E-state index >= 15 is 0 Å². The Labute approximate surface area is 185 Å². The molecule has 1 aromatic heterocycles. The zero-order valence-electron chi connectivity index (χ0n) is 18.3. The molecule has 3 aromatic rings. The number of carbonyl (C=O) groups is 1. The lowest BCUT2D eigenvalue weighted by Crippen LogP contribution is -2.20. The second-order valence-corrected chi connectivity index (χ2v) is 7.99. The van der Waals surface area contributed by atoms with Crippen LogP contribution in [0.1, 0.15) is 40.0 Å². The van der Waals surface area contributed by atoms with Crippen LogP contribution in [-0.4, -0.2) is 28.9 Å². The smallest absolute Gasteiger partial charge is 0.387 e. The van der Waals surface area contributed by atoms with Crippen LogP contribution in [0.4, 0.5) is 25.1 Å². The number of H-pyrrole nitrogens is 1. The van der Waals surface area contributed by atoms with Gasteiger partial charge in [-0.3, -0.25) is 10.4 Å². The number of hydrogen-bond donors (Lipinski definition) is 3. The van der Waals surface area contributed by atoms with Gasteiger partial charge in [0.25, 0.3) is 0 Å². The Balaban J connectivity index is 1.62. The highest BCUT2D eigenvalue weighted by molar-refractivity contribution is 6.05. The van der Waals surface area contributed by atoms with E-state index in [1.54, 1.807) is 12.1 Å². The zero-order chi connectivity index (χ0) is 23.1. The Bertz CT molecular complexity index is 1040. The Morgan fingerprint density at radius 3 is 2.59 bits per heavy atom. The molecule has 0 saturated carbocycles. The van der Waals surface area contributed by atoms with Gasteiger partial charge in [0.1, 0.15) is 11.5 Å². The van der Waals surface area contributed by atoms with E-state index in [2.05, 4.69) is 39.4 Å². The number of carbonyl (C=O) groups excluding carboxylic acids is 1. The summed E-state index contributed by atoms with van der Waals surface area (Å²) < 4.78 is 35.5. The fourth-order valence-electron chi connectivity index (χ4n) is 3.30. The maximum Gasteiger partial charge on any atom is 0.387 e. The summed E-state index contributed by atoms with van der Waals surface area (Å²) in [6, 6.07) is 10.8. The van der Waals surface area contributed by atoms with Gasteiger partial charge in [-0.1, -0.05) is 32.4 Å². The van der Waals surface area contributed by atoms with Gasteiger partial charge in [0.05, 0.1) is 17.3 Å². The van der Waals surface area contributed by atoms with Gasteiger partial charge in [-0.15, -0.1) is 0 Å². The first-order valence-electron chi connectivity index (χ1n) is 10.6. The van der Waals surface area contributed by atoms with Crippen molar-refractivity contribution in [2.75, 3.05) is 10.6 Å². The molecule has 1 heterocycles. The maximum atomic E-state index is 12.5. The van der Waals surface area contributed by atoms with Crippen molar-refractivity contribution in [1.29, 1.82) is 0 Å². The maximum absolute atomic E-state index is 12.5. The number of amides is 2. The fourth-order valence-corrected chi connectivity index (χ4v) is 3.30. The van der Waals surface area contributed by atoms with E-state index in [1.165, 1.54) is 24.6 Å². The summed E-state index contributed by atoms with van der Waals surface area (Å²) in [5, 5.41) is 12.8. The van der Waals surface area contributed by atoms with Crippen LogP contribution in [-0.2, 0) is 0 Å². The summed E-state index contributed by atoms with van der Waals surface area (Å²) in [5.74, 6) is 1.57. The first kappa shape index (κ1) is 23.3. The van der Waals surface area contributed by atoms with Crippen LogP contribution in [0.2, 0.25) is 0 Å². The van der Waals surface area contributed by atoms with Crippen LogP contribution in [0, 0.1) is 5.92 Å². The molecule has 3 rings (SSSR count). The van der Waals surface area contributed by atoms with Crippen molar-refractivity contribution in [2.45, 2.75) is 52.7 Å². The Kier molecular flexibility index (Phi) is 7.86. The minimum atomic E-state index is -2.99. The van der Waals surface area contributed by atoms with Crippen LogP contribution < -0.4 is 20.1 Å². The van der Waals surface area contributed by atoms with Gasteiger partial charge in [-0.25, -0.2) is 4.79 Å². The molecule has 7 nitrogen and oxygen atoms in total. The van der Waals surface area contributed by atoms with Gasteiger partial charge in [-0.2, -0.15) is 13.9 Å². The van der Waals surface area contributed by atoms with Crippen LogP contribution in [0.3, 0.4) is 0 Å². The predicted octanol–water partition coefficient (Wildman–Crippen LogP) is 6.40. The van der Waals surface area contributed by atoms with Gasteiger partial charge in [-0.05, 0) is 49.9 Å². The molecular weight excluding hydrogens is 418 g/mol. The number of rotatable bonds is 10. The van der Waals surface area contributed by atoms with Crippen molar-refractivity contribution >= 4 is 28.4 Å². The summed E-state index contributed by atoms with van der Waals surface area (Å²) in [5.41, 5.74) is 0.820. The van der Waals surface area contributed by atoms with E-state index in [0.29, 0.717) is 28.4 Å². The number of alkyl halides is 2. The highest BCUT2D eigenvalue weighted by Gasteiger charge is 2.14. The quantitative estimate of drug-likeness (QED) is 0.336. The van der Waals surface area contributed by atoms with Gasteiger partial charge in [0.15, 0.2) is 5.82 Å².